The third kappa shape index (κ3) is 3.90. The minimum Gasteiger partial charge on any atom is -0.380 e. The second-order valence-corrected chi connectivity index (χ2v) is 3.73. The molecule has 0 saturated heterocycles. The maximum absolute atomic E-state index is 5.22. The van der Waals surface area contributed by atoms with E-state index in [-0.39, 0.29) is 0 Å². The Bertz CT molecular complexity index is 248. The summed E-state index contributed by atoms with van der Waals surface area (Å²) < 4.78 is 5.22. The van der Waals surface area contributed by atoms with Crippen LogP contribution in [0.4, 0.5) is 0 Å². The first kappa shape index (κ1) is 11.2. The Kier molecular flexibility index (Phi) is 4.63. The van der Waals surface area contributed by atoms with Gasteiger partial charge in [-0.05, 0) is 19.5 Å². The standard InChI is InChI=1S/C12H19NO/c1-11(14-3)9-13(2)10-12-7-5-4-6-8-12/h4-8,11H,9-10H2,1-3H3. The Morgan fingerprint density at radius 3 is 2.50 bits per heavy atom. The predicted octanol–water partition coefficient (Wildman–Crippen LogP) is 2.15. The summed E-state index contributed by atoms with van der Waals surface area (Å²) in [5.74, 6) is 0. The van der Waals surface area contributed by atoms with Crippen LogP contribution in [0.25, 0.3) is 0 Å². The van der Waals surface area contributed by atoms with Crippen molar-refractivity contribution >= 4 is 0 Å². The predicted molar refractivity (Wildman–Crippen MR) is 59.2 cm³/mol. The van der Waals surface area contributed by atoms with Crippen LogP contribution in [0.2, 0.25) is 0 Å². The average molecular weight is 193 g/mol. The van der Waals surface area contributed by atoms with Gasteiger partial charge in [0.05, 0.1) is 6.10 Å². The molecule has 78 valence electrons. The number of nitrogens with zero attached hydrogens (tertiary/aromatic N) is 1. The van der Waals surface area contributed by atoms with Crippen LogP contribution in [-0.2, 0) is 11.3 Å². The van der Waals surface area contributed by atoms with Gasteiger partial charge in [0, 0.05) is 20.2 Å². The summed E-state index contributed by atoms with van der Waals surface area (Å²) in [6, 6.07) is 10.5. The van der Waals surface area contributed by atoms with E-state index in [1.54, 1.807) is 7.11 Å². The molecule has 0 amide bonds. The highest BCUT2D eigenvalue weighted by molar-refractivity contribution is 5.14. The van der Waals surface area contributed by atoms with Gasteiger partial charge in [0.25, 0.3) is 0 Å². The zero-order chi connectivity index (χ0) is 10.4. The fraction of sp³-hybridized carbons (Fsp3) is 0.500. The molecule has 0 aliphatic heterocycles. The molecule has 1 atom stereocenters. The molecule has 2 heteroatoms. The van der Waals surface area contributed by atoms with Gasteiger partial charge in [0.15, 0.2) is 0 Å². The van der Waals surface area contributed by atoms with Crippen molar-refractivity contribution in [2.24, 2.45) is 0 Å². The van der Waals surface area contributed by atoms with Gasteiger partial charge in [-0.2, -0.15) is 0 Å². The Morgan fingerprint density at radius 2 is 1.93 bits per heavy atom. The van der Waals surface area contributed by atoms with E-state index in [1.807, 2.05) is 6.07 Å². The highest BCUT2D eigenvalue weighted by Crippen LogP contribution is 2.03. The molecule has 0 aliphatic rings. The molecule has 2 nitrogen and oxygen atoms in total. The van der Waals surface area contributed by atoms with Crippen molar-refractivity contribution in [3.63, 3.8) is 0 Å². The van der Waals surface area contributed by atoms with Gasteiger partial charge in [-0.25, -0.2) is 0 Å². The Balaban J connectivity index is 2.37. The van der Waals surface area contributed by atoms with Crippen LogP contribution in [0.5, 0.6) is 0 Å². The van der Waals surface area contributed by atoms with Crippen LogP contribution in [0.15, 0.2) is 30.3 Å². The lowest BCUT2D eigenvalue weighted by molar-refractivity contribution is 0.0837. The molecule has 14 heavy (non-hydrogen) atoms. The summed E-state index contributed by atoms with van der Waals surface area (Å²) in [7, 11) is 3.86. The second kappa shape index (κ2) is 5.78. The van der Waals surface area contributed by atoms with Crippen LogP contribution in [-0.4, -0.2) is 31.7 Å². The smallest absolute Gasteiger partial charge is 0.0670 e. The lowest BCUT2D eigenvalue weighted by Gasteiger charge is -2.20. The van der Waals surface area contributed by atoms with Crippen molar-refractivity contribution in [2.45, 2.75) is 19.6 Å². The molecule has 0 heterocycles. The van der Waals surface area contributed by atoms with Crippen molar-refractivity contribution in [3.05, 3.63) is 35.9 Å². The van der Waals surface area contributed by atoms with Gasteiger partial charge in [0.2, 0.25) is 0 Å². The van der Waals surface area contributed by atoms with Gasteiger partial charge in [-0.15, -0.1) is 0 Å². The van der Waals surface area contributed by atoms with Crippen molar-refractivity contribution < 1.29 is 4.74 Å². The van der Waals surface area contributed by atoms with Crippen molar-refractivity contribution in [1.29, 1.82) is 0 Å². The molecule has 0 spiro atoms. The van der Waals surface area contributed by atoms with Crippen LogP contribution in [0.1, 0.15) is 12.5 Å². The fourth-order valence-electron chi connectivity index (χ4n) is 1.47. The Labute approximate surface area is 86.5 Å². The van der Waals surface area contributed by atoms with E-state index in [4.69, 9.17) is 4.74 Å². The molecular weight excluding hydrogens is 174 g/mol. The van der Waals surface area contributed by atoms with Gasteiger partial charge < -0.3 is 4.74 Å². The highest BCUT2D eigenvalue weighted by atomic mass is 16.5. The van der Waals surface area contributed by atoms with Crippen molar-refractivity contribution in [3.8, 4) is 0 Å². The zero-order valence-electron chi connectivity index (χ0n) is 9.23. The third-order valence-corrected chi connectivity index (χ3v) is 2.27. The number of ether oxygens (including phenoxy) is 1. The quantitative estimate of drug-likeness (QED) is 0.710. The van der Waals surface area contributed by atoms with E-state index in [1.165, 1.54) is 5.56 Å². The van der Waals surface area contributed by atoms with E-state index in [9.17, 15) is 0 Å². The largest absolute Gasteiger partial charge is 0.380 e. The van der Waals surface area contributed by atoms with Crippen LogP contribution < -0.4 is 0 Å². The van der Waals surface area contributed by atoms with Crippen LogP contribution >= 0.6 is 0 Å². The van der Waals surface area contributed by atoms with Gasteiger partial charge in [0.1, 0.15) is 0 Å². The maximum atomic E-state index is 5.22. The second-order valence-electron chi connectivity index (χ2n) is 3.73. The van der Waals surface area contributed by atoms with Crippen LogP contribution in [0, 0.1) is 0 Å². The molecule has 1 aromatic carbocycles. The molecule has 1 aromatic rings. The summed E-state index contributed by atoms with van der Waals surface area (Å²) >= 11 is 0. The molecule has 0 radical (unpaired) electrons. The molecule has 1 rings (SSSR count). The number of hydrogen-bond acceptors (Lipinski definition) is 2. The monoisotopic (exact) mass is 193 g/mol. The summed E-state index contributed by atoms with van der Waals surface area (Å²) in [5.41, 5.74) is 1.35. The van der Waals surface area contributed by atoms with E-state index in [2.05, 4.69) is 43.1 Å². The summed E-state index contributed by atoms with van der Waals surface area (Å²) in [5, 5.41) is 0. The number of methoxy groups -OCH3 is 1. The molecule has 0 fully saturated rings. The lowest BCUT2D eigenvalue weighted by Crippen LogP contribution is -2.28. The topological polar surface area (TPSA) is 12.5 Å². The minimum atomic E-state index is 0.295. The number of likely N-dealkylation sites (N-methyl/N-ethyl adjacent to an activating group) is 1. The van der Waals surface area contributed by atoms with Gasteiger partial charge >= 0.3 is 0 Å². The first-order valence-corrected chi connectivity index (χ1v) is 4.97. The van der Waals surface area contributed by atoms with E-state index in [0.29, 0.717) is 6.10 Å². The van der Waals surface area contributed by atoms with Crippen molar-refractivity contribution in [2.75, 3.05) is 20.7 Å². The lowest BCUT2D eigenvalue weighted by atomic mass is 10.2. The molecule has 0 aliphatic carbocycles. The summed E-state index contributed by atoms with van der Waals surface area (Å²) in [6.07, 6.45) is 0.295. The Hall–Kier alpha value is -0.860. The third-order valence-electron chi connectivity index (χ3n) is 2.27. The van der Waals surface area contributed by atoms with E-state index in [0.717, 1.165) is 13.1 Å². The van der Waals surface area contributed by atoms with E-state index >= 15 is 0 Å². The van der Waals surface area contributed by atoms with Gasteiger partial charge in [-0.3, -0.25) is 4.90 Å². The highest BCUT2D eigenvalue weighted by Gasteiger charge is 2.04. The maximum Gasteiger partial charge on any atom is 0.0670 e. The molecule has 1 unspecified atom stereocenters. The van der Waals surface area contributed by atoms with Crippen LogP contribution in [0.3, 0.4) is 0 Å². The normalized spacial score (nSPS) is 13.1. The number of rotatable bonds is 5. The molecule has 0 saturated carbocycles. The fourth-order valence-corrected chi connectivity index (χ4v) is 1.47. The van der Waals surface area contributed by atoms with Crippen molar-refractivity contribution in [1.82, 2.24) is 4.90 Å². The molecule has 0 bridgehead atoms. The minimum absolute atomic E-state index is 0.295. The first-order chi connectivity index (χ1) is 6.72. The number of hydrogen-bond donors (Lipinski definition) is 0. The molecule has 0 N–H and O–H groups in total. The zero-order valence-corrected chi connectivity index (χ0v) is 9.23. The summed E-state index contributed by atoms with van der Waals surface area (Å²) in [4.78, 5) is 2.27. The Morgan fingerprint density at radius 1 is 1.29 bits per heavy atom. The molecule has 0 aromatic heterocycles. The summed E-state index contributed by atoms with van der Waals surface area (Å²) in [6.45, 7) is 4.03. The van der Waals surface area contributed by atoms with Gasteiger partial charge in [-0.1, -0.05) is 30.3 Å². The average Bonchev–Trinajstić information content (AvgIpc) is 2.19. The SMILES string of the molecule is COC(C)CN(C)Cc1ccccc1. The first-order valence-electron chi connectivity index (χ1n) is 4.97. The number of benzene rings is 1. The van der Waals surface area contributed by atoms with E-state index < -0.39 is 0 Å². The molecular formula is C12H19NO.